The number of carboxylic acid groups (broad SMARTS) is 1. The average Bonchev–Trinajstić information content (AvgIpc) is 2.86. The highest BCUT2D eigenvalue weighted by molar-refractivity contribution is 5.93. The van der Waals surface area contributed by atoms with Gasteiger partial charge in [-0.05, 0) is 31.2 Å². The number of amides is 2. The number of nitrogens with two attached hydrogens (primary N) is 1. The van der Waals surface area contributed by atoms with E-state index < -0.39 is 17.4 Å². The van der Waals surface area contributed by atoms with Gasteiger partial charge in [-0.3, -0.25) is 14.4 Å². The van der Waals surface area contributed by atoms with E-state index in [1.54, 1.807) is 22.9 Å². The fraction of sp³-hybridized carbons (Fsp3) is 0.632. The molecule has 152 valence electrons. The second kappa shape index (κ2) is 7.37. The number of aromatic nitrogens is 2. The Hall–Kier alpha value is -2.71. The SMILES string of the molecule is CC(C)Cc1cc(C(=O)N2CCC3(CC2)C(C(=O)O)CC(=O)N3C)nc(N)n1. The Kier molecular flexibility index (Phi) is 5.27. The molecule has 0 saturated carbocycles. The van der Waals surface area contributed by atoms with Crippen molar-refractivity contribution in [3.63, 3.8) is 0 Å². The molecule has 9 heteroatoms. The van der Waals surface area contributed by atoms with Crippen molar-refractivity contribution in [1.29, 1.82) is 0 Å². The third kappa shape index (κ3) is 3.53. The highest BCUT2D eigenvalue weighted by Crippen LogP contribution is 2.42. The summed E-state index contributed by atoms with van der Waals surface area (Å²) in [4.78, 5) is 48.2. The number of carboxylic acids is 1. The minimum Gasteiger partial charge on any atom is -0.481 e. The van der Waals surface area contributed by atoms with Crippen LogP contribution < -0.4 is 5.73 Å². The molecule has 2 fully saturated rings. The zero-order valence-electron chi connectivity index (χ0n) is 16.5. The van der Waals surface area contributed by atoms with Gasteiger partial charge in [0.25, 0.3) is 5.91 Å². The average molecular weight is 389 g/mol. The summed E-state index contributed by atoms with van der Waals surface area (Å²) in [5.74, 6) is -1.66. The second-order valence-corrected chi connectivity index (χ2v) is 8.14. The molecular weight excluding hydrogens is 362 g/mol. The molecule has 1 unspecified atom stereocenters. The Morgan fingerprint density at radius 3 is 2.54 bits per heavy atom. The standard InChI is InChI=1S/C19H27N5O4/c1-11(2)8-12-9-14(22-18(20)21-12)16(26)24-6-4-19(5-7-24)13(17(27)28)10-15(25)23(19)3/h9,11,13H,4-8,10H2,1-3H3,(H,27,28)(H2,20,21,22). The Balaban J connectivity index is 1.76. The number of piperidine rings is 1. The van der Waals surface area contributed by atoms with Crippen LogP contribution in [-0.4, -0.2) is 68.3 Å². The summed E-state index contributed by atoms with van der Waals surface area (Å²) in [5, 5.41) is 9.56. The van der Waals surface area contributed by atoms with Crippen molar-refractivity contribution in [2.24, 2.45) is 11.8 Å². The van der Waals surface area contributed by atoms with Crippen LogP contribution in [0.5, 0.6) is 0 Å². The molecule has 9 nitrogen and oxygen atoms in total. The van der Waals surface area contributed by atoms with Crippen LogP contribution in [0.15, 0.2) is 6.07 Å². The van der Waals surface area contributed by atoms with Gasteiger partial charge >= 0.3 is 5.97 Å². The van der Waals surface area contributed by atoms with Crippen LogP contribution in [0.2, 0.25) is 0 Å². The lowest BCUT2D eigenvalue weighted by Gasteiger charge is -2.45. The summed E-state index contributed by atoms with van der Waals surface area (Å²) in [6.45, 7) is 4.84. The van der Waals surface area contributed by atoms with E-state index in [1.807, 2.05) is 0 Å². The van der Waals surface area contributed by atoms with Crippen LogP contribution in [0.25, 0.3) is 0 Å². The van der Waals surface area contributed by atoms with Crippen LogP contribution in [-0.2, 0) is 16.0 Å². The molecule has 3 N–H and O–H groups in total. The van der Waals surface area contributed by atoms with Gasteiger partial charge in [0, 0.05) is 32.3 Å². The lowest BCUT2D eigenvalue weighted by molar-refractivity contribution is -0.145. The van der Waals surface area contributed by atoms with E-state index in [2.05, 4.69) is 23.8 Å². The van der Waals surface area contributed by atoms with Gasteiger partial charge in [0.2, 0.25) is 11.9 Å². The molecular formula is C19H27N5O4. The van der Waals surface area contributed by atoms with Gasteiger partial charge in [-0.2, -0.15) is 0 Å². The smallest absolute Gasteiger partial charge is 0.309 e. The highest BCUT2D eigenvalue weighted by atomic mass is 16.4. The second-order valence-electron chi connectivity index (χ2n) is 8.14. The van der Waals surface area contributed by atoms with Crippen LogP contribution in [0.4, 0.5) is 5.95 Å². The van der Waals surface area contributed by atoms with Crippen molar-refractivity contribution in [2.45, 2.75) is 45.1 Å². The molecule has 1 atom stereocenters. The molecule has 1 spiro atoms. The van der Waals surface area contributed by atoms with Crippen molar-refractivity contribution < 1.29 is 19.5 Å². The molecule has 2 saturated heterocycles. The fourth-order valence-corrected chi connectivity index (χ4v) is 4.39. The number of nitrogen functional groups attached to an aromatic ring is 1. The number of carbonyl (C=O) groups excluding carboxylic acids is 2. The van der Waals surface area contributed by atoms with E-state index in [9.17, 15) is 19.5 Å². The first-order valence-electron chi connectivity index (χ1n) is 9.56. The van der Waals surface area contributed by atoms with Crippen molar-refractivity contribution in [3.05, 3.63) is 17.5 Å². The summed E-state index contributed by atoms with van der Waals surface area (Å²) in [6.07, 6.45) is 1.57. The monoisotopic (exact) mass is 389 g/mol. The van der Waals surface area contributed by atoms with Crippen molar-refractivity contribution in [1.82, 2.24) is 19.8 Å². The molecule has 2 amide bonds. The number of nitrogens with zero attached hydrogens (tertiary/aromatic N) is 4. The largest absolute Gasteiger partial charge is 0.481 e. The fourth-order valence-electron chi connectivity index (χ4n) is 4.39. The van der Waals surface area contributed by atoms with E-state index in [-0.39, 0.29) is 29.9 Å². The number of aliphatic carboxylic acids is 1. The maximum absolute atomic E-state index is 12.9. The molecule has 3 heterocycles. The van der Waals surface area contributed by atoms with Gasteiger partial charge in [-0.25, -0.2) is 9.97 Å². The first-order chi connectivity index (χ1) is 13.1. The van der Waals surface area contributed by atoms with Crippen molar-refractivity contribution >= 4 is 23.7 Å². The van der Waals surface area contributed by atoms with E-state index in [1.165, 1.54) is 0 Å². The molecule has 2 aliphatic heterocycles. The van der Waals surface area contributed by atoms with Crippen LogP contribution in [0, 0.1) is 11.8 Å². The third-order valence-electron chi connectivity index (χ3n) is 5.92. The van der Waals surface area contributed by atoms with Gasteiger partial charge < -0.3 is 20.6 Å². The summed E-state index contributed by atoms with van der Waals surface area (Å²) in [5.41, 5.74) is 6.03. The van der Waals surface area contributed by atoms with Gasteiger partial charge in [-0.1, -0.05) is 13.8 Å². The molecule has 0 radical (unpaired) electrons. The first-order valence-corrected chi connectivity index (χ1v) is 9.56. The topological polar surface area (TPSA) is 130 Å². The summed E-state index contributed by atoms with van der Waals surface area (Å²) >= 11 is 0. The molecule has 28 heavy (non-hydrogen) atoms. The van der Waals surface area contributed by atoms with Gasteiger partial charge in [0.1, 0.15) is 5.69 Å². The van der Waals surface area contributed by atoms with Gasteiger partial charge in [0.05, 0.1) is 11.5 Å². The number of carbonyl (C=O) groups is 3. The number of anilines is 1. The maximum Gasteiger partial charge on any atom is 0.309 e. The first kappa shape index (κ1) is 20.0. The quantitative estimate of drug-likeness (QED) is 0.779. The Morgan fingerprint density at radius 2 is 1.96 bits per heavy atom. The van der Waals surface area contributed by atoms with Crippen molar-refractivity contribution in [2.75, 3.05) is 25.9 Å². The van der Waals surface area contributed by atoms with Crippen LogP contribution >= 0.6 is 0 Å². The zero-order chi connectivity index (χ0) is 20.6. The van der Waals surface area contributed by atoms with Gasteiger partial charge in [0.15, 0.2) is 0 Å². The summed E-state index contributed by atoms with van der Waals surface area (Å²) in [7, 11) is 1.66. The van der Waals surface area contributed by atoms with Gasteiger partial charge in [-0.15, -0.1) is 0 Å². The Morgan fingerprint density at radius 1 is 1.32 bits per heavy atom. The molecule has 0 aliphatic carbocycles. The molecule has 2 aliphatic rings. The molecule has 0 aromatic carbocycles. The highest BCUT2D eigenvalue weighted by Gasteiger charge is 2.55. The normalized spacial score (nSPS) is 21.6. The summed E-state index contributed by atoms with van der Waals surface area (Å²) in [6, 6.07) is 1.67. The molecule has 1 aromatic rings. The molecule has 1 aromatic heterocycles. The maximum atomic E-state index is 12.9. The Labute approximate surface area is 163 Å². The predicted molar refractivity (Wildman–Crippen MR) is 101 cm³/mol. The molecule has 3 rings (SSSR count). The summed E-state index contributed by atoms with van der Waals surface area (Å²) < 4.78 is 0. The lowest BCUT2D eigenvalue weighted by Crippen LogP contribution is -2.57. The zero-order valence-corrected chi connectivity index (χ0v) is 16.5. The number of hydrogen-bond donors (Lipinski definition) is 2. The third-order valence-corrected chi connectivity index (χ3v) is 5.92. The number of hydrogen-bond acceptors (Lipinski definition) is 6. The van der Waals surface area contributed by atoms with Crippen molar-refractivity contribution in [3.8, 4) is 0 Å². The van der Waals surface area contributed by atoms with Crippen LogP contribution in [0.1, 0.15) is 49.3 Å². The van der Waals surface area contributed by atoms with E-state index in [0.29, 0.717) is 38.3 Å². The van der Waals surface area contributed by atoms with Crippen LogP contribution in [0.3, 0.4) is 0 Å². The molecule has 0 bridgehead atoms. The minimum absolute atomic E-state index is 0.0147. The lowest BCUT2D eigenvalue weighted by atomic mass is 9.77. The predicted octanol–water partition coefficient (Wildman–Crippen LogP) is 0.795. The van der Waals surface area contributed by atoms with E-state index in [4.69, 9.17) is 5.73 Å². The van der Waals surface area contributed by atoms with E-state index in [0.717, 1.165) is 5.69 Å². The van der Waals surface area contributed by atoms with E-state index >= 15 is 0 Å². The number of rotatable bonds is 4. The minimum atomic E-state index is -0.959. The number of likely N-dealkylation sites (tertiary alicyclic amines) is 2. The Bertz CT molecular complexity index is 802.